The molecule has 0 radical (unpaired) electrons. The lowest BCUT2D eigenvalue weighted by Gasteiger charge is -2.41. The highest BCUT2D eigenvalue weighted by atomic mass is 16.6. The van der Waals surface area contributed by atoms with Crippen molar-refractivity contribution in [2.45, 2.75) is 90.6 Å². The van der Waals surface area contributed by atoms with Crippen LogP contribution in [0.3, 0.4) is 0 Å². The van der Waals surface area contributed by atoms with E-state index in [9.17, 15) is 29.1 Å². The number of carboxylic acid groups (broad SMARTS) is 1. The number of amides is 5. The molecule has 2 unspecified atom stereocenters. The summed E-state index contributed by atoms with van der Waals surface area (Å²) >= 11 is 0. The molecule has 0 aromatic heterocycles. The maximum atomic E-state index is 14.0. The lowest BCUT2D eigenvalue weighted by atomic mass is 9.76. The van der Waals surface area contributed by atoms with Crippen LogP contribution >= 0.6 is 0 Å². The average molecular weight is 649 g/mol. The highest BCUT2D eigenvalue weighted by molar-refractivity contribution is 6.05. The largest absolute Gasteiger partial charge is 0.493 e. The SMILES string of the molecule is CC(C)[C@H](C(=O)Nc1ccc2c(c1)OCC(CC(=O)N(Cc1ccccc1)[C@@H](C)C1CC1)C21OC(=O)NC1=O)N(C(=O)O)C(C)(C)C. The second-order valence-corrected chi connectivity index (χ2v) is 14.1. The van der Waals surface area contributed by atoms with Crippen LogP contribution in [0.4, 0.5) is 15.3 Å². The van der Waals surface area contributed by atoms with Crippen molar-refractivity contribution in [3.05, 3.63) is 59.7 Å². The smallest absolute Gasteiger partial charge is 0.415 e. The number of alkyl carbamates (subject to hydrolysis) is 1. The first-order chi connectivity index (χ1) is 22.1. The van der Waals surface area contributed by atoms with Crippen LogP contribution in [0.15, 0.2) is 48.5 Å². The van der Waals surface area contributed by atoms with Gasteiger partial charge in [0.05, 0.1) is 12.5 Å². The van der Waals surface area contributed by atoms with E-state index in [2.05, 4.69) is 10.6 Å². The van der Waals surface area contributed by atoms with Crippen molar-refractivity contribution in [3.8, 4) is 5.75 Å². The molecule has 0 bridgehead atoms. The summed E-state index contributed by atoms with van der Waals surface area (Å²) in [6, 6.07) is 13.3. The number of fused-ring (bicyclic) bond motifs is 2. The molecule has 2 aromatic rings. The summed E-state index contributed by atoms with van der Waals surface area (Å²) in [6.45, 7) is 11.1. The van der Waals surface area contributed by atoms with Gasteiger partial charge in [-0.25, -0.2) is 9.59 Å². The molecular weight excluding hydrogens is 604 g/mol. The number of carbonyl (C=O) groups excluding carboxylic acids is 4. The van der Waals surface area contributed by atoms with Crippen LogP contribution < -0.4 is 15.4 Å². The van der Waals surface area contributed by atoms with E-state index in [0.29, 0.717) is 18.2 Å². The van der Waals surface area contributed by atoms with Crippen LogP contribution in [0.1, 0.15) is 71.9 Å². The second-order valence-electron chi connectivity index (χ2n) is 14.1. The number of anilines is 1. The van der Waals surface area contributed by atoms with Crippen molar-refractivity contribution in [2.75, 3.05) is 11.9 Å². The summed E-state index contributed by atoms with van der Waals surface area (Å²) in [5.41, 5.74) is -1.10. The zero-order valence-corrected chi connectivity index (χ0v) is 27.7. The van der Waals surface area contributed by atoms with Gasteiger partial charge in [-0.05, 0) is 70.1 Å². The highest BCUT2D eigenvalue weighted by Crippen LogP contribution is 2.48. The number of imide groups is 1. The molecule has 252 valence electrons. The van der Waals surface area contributed by atoms with E-state index in [1.165, 1.54) is 12.1 Å². The normalized spacial score (nSPS) is 21.6. The van der Waals surface area contributed by atoms with Crippen LogP contribution in [0.25, 0.3) is 0 Å². The zero-order valence-electron chi connectivity index (χ0n) is 27.7. The summed E-state index contributed by atoms with van der Waals surface area (Å²) in [7, 11) is 0. The molecule has 2 fully saturated rings. The number of nitrogens with zero attached hydrogens (tertiary/aromatic N) is 2. The molecule has 4 atom stereocenters. The lowest BCUT2D eigenvalue weighted by Crippen LogP contribution is -2.57. The van der Waals surface area contributed by atoms with Crippen molar-refractivity contribution in [1.82, 2.24) is 15.1 Å². The van der Waals surface area contributed by atoms with Gasteiger partial charge < -0.3 is 24.8 Å². The molecule has 1 aliphatic carbocycles. The Hall–Kier alpha value is -4.61. The first-order valence-corrected chi connectivity index (χ1v) is 16.1. The van der Waals surface area contributed by atoms with Crippen LogP contribution in [0, 0.1) is 17.8 Å². The molecule has 5 amide bonds. The lowest BCUT2D eigenvalue weighted by molar-refractivity contribution is -0.147. The van der Waals surface area contributed by atoms with Gasteiger partial charge in [-0.1, -0.05) is 44.2 Å². The van der Waals surface area contributed by atoms with E-state index in [4.69, 9.17) is 9.47 Å². The fraction of sp³-hybridized carbons (Fsp3) is 0.514. The molecule has 2 aromatic carbocycles. The Morgan fingerprint density at radius 3 is 2.30 bits per heavy atom. The molecule has 5 rings (SSSR count). The Morgan fingerprint density at radius 1 is 1.06 bits per heavy atom. The molecule has 12 nitrogen and oxygen atoms in total. The predicted octanol–water partition coefficient (Wildman–Crippen LogP) is 5.12. The molecule has 1 spiro atoms. The van der Waals surface area contributed by atoms with E-state index >= 15 is 0 Å². The Morgan fingerprint density at radius 2 is 1.74 bits per heavy atom. The van der Waals surface area contributed by atoms with Crippen molar-refractivity contribution in [3.63, 3.8) is 0 Å². The Kier molecular flexibility index (Phi) is 9.25. The number of ether oxygens (including phenoxy) is 2. The quantitative estimate of drug-likeness (QED) is 0.321. The van der Waals surface area contributed by atoms with Crippen LogP contribution in [0.5, 0.6) is 5.75 Å². The molecule has 1 saturated heterocycles. The summed E-state index contributed by atoms with van der Waals surface area (Å²) in [6.07, 6.45) is -0.141. The maximum absolute atomic E-state index is 14.0. The number of rotatable bonds is 10. The van der Waals surface area contributed by atoms with Gasteiger partial charge in [0.2, 0.25) is 17.4 Å². The topological polar surface area (TPSA) is 155 Å². The Balaban J connectivity index is 1.42. The minimum absolute atomic E-state index is 0.00780. The Bertz CT molecular complexity index is 1550. The van der Waals surface area contributed by atoms with Crippen molar-refractivity contribution in [2.24, 2.45) is 17.8 Å². The zero-order chi connectivity index (χ0) is 34.3. The number of hydrogen-bond acceptors (Lipinski definition) is 7. The average Bonchev–Trinajstić information content (AvgIpc) is 3.80. The number of nitrogens with one attached hydrogen (secondary N) is 2. The minimum atomic E-state index is -1.81. The van der Waals surface area contributed by atoms with Crippen molar-refractivity contribution >= 4 is 35.6 Å². The maximum Gasteiger partial charge on any atom is 0.415 e. The van der Waals surface area contributed by atoms with Gasteiger partial charge in [0.15, 0.2) is 0 Å². The Labute approximate surface area is 274 Å². The van der Waals surface area contributed by atoms with Crippen LogP contribution in [0.2, 0.25) is 0 Å². The third-order valence-corrected chi connectivity index (χ3v) is 9.31. The first-order valence-electron chi connectivity index (χ1n) is 16.1. The second kappa shape index (κ2) is 12.9. The summed E-state index contributed by atoms with van der Waals surface area (Å²) in [5.74, 6) is -1.94. The van der Waals surface area contributed by atoms with E-state index < -0.39 is 47.1 Å². The molecular formula is C35H44N4O8. The van der Waals surface area contributed by atoms with E-state index in [0.717, 1.165) is 23.3 Å². The highest BCUT2D eigenvalue weighted by Gasteiger charge is 2.60. The standard InChI is InChI=1S/C35H44N4O8/c1-20(2)29(39(33(44)45)34(4,5)6)30(41)36-25-14-15-26-27(17-25)46-19-24(35(26)31(42)37-32(43)47-35)16-28(40)38(21(3)23-12-13-23)18-22-10-8-7-9-11-22/h7-11,14-15,17,20-21,23-24,29H,12-13,16,18-19H2,1-6H3,(H,36,41)(H,44,45)(H,37,42,43)/t21-,24?,29+,35?/m0/s1. The molecule has 3 aliphatic rings. The van der Waals surface area contributed by atoms with E-state index in [1.54, 1.807) is 40.7 Å². The number of carbonyl (C=O) groups is 5. The fourth-order valence-corrected chi connectivity index (χ4v) is 6.76. The monoisotopic (exact) mass is 648 g/mol. The van der Waals surface area contributed by atoms with Crippen LogP contribution in [-0.2, 0) is 31.3 Å². The third kappa shape index (κ3) is 6.77. The molecule has 1 saturated carbocycles. The van der Waals surface area contributed by atoms with Crippen molar-refractivity contribution < 1.29 is 38.6 Å². The number of benzene rings is 2. The van der Waals surface area contributed by atoms with E-state index in [1.807, 2.05) is 42.2 Å². The van der Waals surface area contributed by atoms with Gasteiger partial charge in [0.1, 0.15) is 11.8 Å². The predicted molar refractivity (Wildman–Crippen MR) is 172 cm³/mol. The molecule has 47 heavy (non-hydrogen) atoms. The summed E-state index contributed by atoms with van der Waals surface area (Å²) in [4.78, 5) is 68.7. The van der Waals surface area contributed by atoms with Gasteiger partial charge in [-0.2, -0.15) is 0 Å². The van der Waals surface area contributed by atoms with Crippen LogP contribution in [-0.4, -0.2) is 69.0 Å². The molecule has 12 heteroatoms. The van der Waals surface area contributed by atoms with Gasteiger partial charge in [-0.15, -0.1) is 0 Å². The fourth-order valence-electron chi connectivity index (χ4n) is 6.76. The molecule has 2 aliphatic heterocycles. The summed E-state index contributed by atoms with van der Waals surface area (Å²) < 4.78 is 11.8. The van der Waals surface area contributed by atoms with Gasteiger partial charge in [0.25, 0.3) is 5.91 Å². The molecule has 3 N–H and O–H groups in total. The van der Waals surface area contributed by atoms with Gasteiger partial charge in [0, 0.05) is 41.9 Å². The molecule has 2 heterocycles. The van der Waals surface area contributed by atoms with Crippen molar-refractivity contribution in [1.29, 1.82) is 0 Å². The van der Waals surface area contributed by atoms with Gasteiger partial charge >= 0.3 is 12.2 Å². The number of hydrogen-bond donors (Lipinski definition) is 3. The van der Waals surface area contributed by atoms with Gasteiger partial charge in [-0.3, -0.25) is 24.6 Å². The minimum Gasteiger partial charge on any atom is -0.493 e. The first kappa shape index (κ1) is 33.7. The third-order valence-electron chi connectivity index (χ3n) is 9.31. The van der Waals surface area contributed by atoms with E-state index in [-0.39, 0.29) is 42.2 Å². The summed E-state index contributed by atoms with van der Waals surface area (Å²) in [5, 5.41) is 15.0.